The summed E-state index contributed by atoms with van der Waals surface area (Å²) >= 11 is 6.22. The molecule has 1 fully saturated rings. The van der Waals surface area contributed by atoms with Crippen molar-refractivity contribution in [3.05, 3.63) is 28.8 Å². The van der Waals surface area contributed by atoms with Gasteiger partial charge >= 0.3 is 0 Å². The number of benzene rings is 1. The molecule has 0 radical (unpaired) electrons. The Morgan fingerprint density at radius 1 is 1.29 bits per heavy atom. The first kappa shape index (κ1) is 12.7. The summed E-state index contributed by atoms with van der Waals surface area (Å²) in [5, 5.41) is 4.36. The van der Waals surface area contributed by atoms with E-state index in [4.69, 9.17) is 11.6 Å². The number of halogens is 1. The molecule has 2 nitrogen and oxygen atoms in total. The van der Waals surface area contributed by atoms with E-state index in [0.717, 1.165) is 30.2 Å². The van der Waals surface area contributed by atoms with E-state index in [-0.39, 0.29) is 0 Å². The fourth-order valence-electron chi connectivity index (χ4n) is 2.35. The number of rotatable bonds is 1. The highest BCUT2D eigenvalue weighted by atomic mass is 35.5. The highest BCUT2D eigenvalue weighted by molar-refractivity contribution is 6.31. The zero-order chi connectivity index (χ0) is 12.4. The van der Waals surface area contributed by atoms with E-state index in [2.05, 4.69) is 42.3 Å². The molecule has 17 heavy (non-hydrogen) atoms. The smallest absolute Gasteiger partial charge is 0.0455 e. The molecule has 0 amide bonds. The SMILES string of the molecule is Cc1ccc(N2CC(C)CNCC2C)cc1Cl. The quantitative estimate of drug-likeness (QED) is 0.826. The Hall–Kier alpha value is -0.730. The highest BCUT2D eigenvalue weighted by Gasteiger charge is 2.21. The maximum absolute atomic E-state index is 6.22. The van der Waals surface area contributed by atoms with Gasteiger partial charge in [0, 0.05) is 29.8 Å². The minimum absolute atomic E-state index is 0.513. The number of nitrogens with one attached hydrogen (secondary N) is 1. The van der Waals surface area contributed by atoms with Gasteiger partial charge in [-0.1, -0.05) is 24.6 Å². The molecule has 1 N–H and O–H groups in total. The van der Waals surface area contributed by atoms with E-state index in [1.54, 1.807) is 0 Å². The van der Waals surface area contributed by atoms with Crippen LogP contribution in [0.1, 0.15) is 19.4 Å². The van der Waals surface area contributed by atoms with E-state index < -0.39 is 0 Å². The van der Waals surface area contributed by atoms with Crippen molar-refractivity contribution < 1.29 is 0 Å². The molecule has 0 aliphatic carbocycles. The van der Waals surface area contributed by atoms with Crippen LogP contribution in [-0.4, -0.2) is 25.7 Å². The summed E-state index contributed by atoms with van der Waals surface area (Å²) in [6, 6.07) is 6.88. The normalized spacial score (nSPS) is 25.8. The molecule has 1 aromatic rings. The molecule has 1 saturated heterocycles. The Morgan fingerprint density at radius 2 is 2.06 bits per heavy atom. The standard InChI is InChI=1S/C14H21ClN2/c1-10-7-16-8-12(3)17(9-10)13-5-4-11(2)14(15)6-13/h4-6,10,12,16H,7-9H2,1-3H3. The molecule has 1 aliphatic heterocycles. The fraction of sp³-hybridized carbons (Fsp3) is 0.571. The van der Waals surface area contributed by atoms with Gasteiger partial charge in [0.25, 0.3) is 0 Å². The lowest BCUT2D eigenvalue weighted by Crippen LogP contribution is -2.37. The Bertz CT molecular complexity index is 392. The van der Waals surface area contributed by atoms with E-state index >= 15 is 0 Å². The van der Waals surface area contributed by atoms with Gasteiger partial charge in [-0.15, -0.1) is 0 Å². The van der Waals surface area contributed by atoms with Gasteiger partial charge in [0.05, 0.1) is 0 Å². The summed E-state index contributed by atoms with van der Waals surface area (Å²) in [5.41, 5.74) is 2.38. The largest absolute Gasteiger partial charge is 0.367 e. The van der Waals surface area contributed by atoms with Gasteiger partial charge in [-0.2, -0.15) is 0 Å². The molecule has 2 unspecified atom stereocenters. The average molecular weight is 253 g/mol. The maximum atomic E-state index is 6.22. The Kier molecular flexibility index (Phi) is 3.95. The molecule has 1 heterocycles. The Balaban J connectivity index is 2.26. The van der Waals surface area contributed by atoms with Crippen molar-refractivity contribution in [2.75, 3.05) is 24.5 Å². The molecule has 94 valence electrons. The molecule has 3 heteroatoms. The number of anilines is 1. The molecular formula is C14H21ClN2. The van der Waals surface area contributed by atoms with Crippen molar-refractivity contribution in [1.29, 1.82) is 0 Å². The van der Waals surface area contributed by atoms with Crippen molar-refractivity contribution in [3.63, 3.8) is 0 Å². The van der Waals surface area contributed by atoms with Gasteiger partial charge < -0.3 is 10.2 Å². The monoisotopic (exact) mass is 252 g/mol. The van der Waals surface area contributed by atoms with Crippen LogP contribution in [0.3, 0.4) is 0 Å². The van der Waals surface area contributed by atoms with Crippen molar-refractivity contribution >= 4 is 17.3 Å². The van der Waals surface area contributed by atoms with Crippen LogP contribution in [0.5, 0.6) is 0 Å². The summed E-state index contributed by atoms with van der Waals surface area (Å²) in [6.07, 6.45) is 0. The van der Waals surface area contributed by atoms with Crippen LogP contribution in [0, 0.1) is 12.8 Å². The Morgan fingerprint density at radius 3 is 2.76 bits per heavy atom. The van der Waals surface area contributed by atoms with Gasteiger partial charge in [-0.25, -0.2) is 0 Å². The molecule has 2 rings (SSSR count). The maximum Gasteiger partial charge on any atom is 0.0455 e. The predicted molar refractivity (Wildman–Crippen MR) is 75.0 cm³/mol. The summed E-state index contributed by atoms with van der Waals surface area (Å²) in [7, 11) is 0. The van der Waals surface area contributed by atoms with Crippen molar-refractivity contribution in [2.24, 2.45) is 5.92 Å². The number of hydrogen-bond acceptors (Lipinski definition) is 2. The van der Waals surface area contributed by atoms with Crippen LogP contribution in [0.2, 0.25) is 5.02 Å². The average Bonchev–Trinajstić information content (AvgIpc) is 2.45. The highest BCUT2D eigenvalue weighted by Crippen LogP contribution is 2.26. The van der Waals surface area contributed by atoms with Gasteiger partial charge in [-0.3, -0.25) is 0 Å². The van der Waals surface area contributed by atoms with Crippen LogP contribution in [-0.2, 0) is 0 Å². The minimum atomic E-state index is 0.513. The van der Waals surface area contributed by atoms with Crippen molar-refractivity contribution in [3.8, 4) is 0 Å². The van der Waals surface area contributed by atoms with Gasteiger partial charge in [0.15, 0.2) is 0 Å². The van der Waals surface area contributed by atoms with Crippen LogP contribution >= 0.6 is 11.6 Å². The lowest BCUT2D eigenvalue weighted by molar-refractivity contribution is 0.564. The first-order chi connectivity index (χ1) is 8.08. The van der Waals surface area contributed by atoms with Crippen LogP contribution < -0.4 is 10.2 Å². The second-order valence-corrected chi connectivity index (χ2v) is 5.61. The molecular weight excluding hydrogens is 232 g/mol. The molecule has 1 aromatic carbocycles. The van der Waals surface area contributed by atoms with Crippen LogP contribution in [0.15, 0.2) is 18.2 Å². The minimum Gasteiger partial charge on any atom is -0.367 e. The molecule has 0 saturated carbocycles. The molecule has 0 aromatic heterocycles. The second kappa shape index (κ2) is 5.28. The van der Waals surface area contributed by atoms with Gasteiger partial charge in [0.1, 0.15) is 0 Å². The summed E-state index contributed by atoms with van der Waals surface area (Å²) in [5.74, 6) is 0.667. The number of aryl methyl sites for hydroxylation is 1. The van der Waals surface area contributed by atoms with Crippen LogP contribution in [0.25, 0.3) is 0 Å². The lowest BCUT2D eigenvalue weighted by Gasteiger charge is -2.30. The van der Waals surface area contributed by atoms with Gasteiger partial charge in [-0.05, 0) is 44.0 Å². The summed E-state index contributed by atoms with van der Waals surface area (Å²) in [4.78, 5) is 2.45. The van der Waals surface area contributed by atoms with E-state index in [0.29, 0.717) is 12.0 Å². The van der Waals surface area contributed by atoms with Crippen LogP contribution in [0.4, 0.5) is 5.69 Å². The lowest BCUT2D eigenvalue weighted by atomic mass is 10.1. The third kappa shape index (κ3) is 2.93. The first-order valence-corrected chi connectivity index (χ1v) is 6.69. The molecule has 1 aliphatic rings. The third-order valence-corrected chi connectivity index (χ3v) is 3.87. The molecule has 2 atom stereocenters. The second-order valence-electron chi connectivity index (χ2n) is 5.20. The number of hydrogen-bond donors (Lipinski definition) is 1. The van der Waals surface area contributed by atoms with Gasteiger partial charge in [0.2, 0.25) is 0 Å². The van der Waals surface area contributed by atoms with E-state index in [1.165, 1.54) is 5.69 Å². The summed E-state index contributed by atoms with van der Waals surface area (Å²) < 4.78 is 0. The van der Waals surface area contributed by atoms with Crippen molar-refractivity contribution in [1.82, 2.24) is 5.32 Å². The molecule has 0 spiro atoms. The topological polar surface area (TPSA) is 15.3 Å². The van der Waals surface area contributed by atoms with E-state index in [9.17, 15) is 0 Å². The fourth-order valence-corrected chi connectivity index (χ4v) is 2.52. The predicted octanol–water partition coefficient (Wildman–Crippen LogP) is 3.08. The molecule has 0 bridgehead atoms. The third-order valence-electron chi connectivity index (χ3n) is 3.46. The zero-order valence-electron chi connectivity index (χ0n) is 10.8. The zero-order valence-corrected chi connectivity index (χ0v) is 11.6. The first-order valence-electron chi connectivity index (χ1n) is 6.31. The Labute approximate surface area is 109 Å². The number of nitrogens with zero attached hydrogens (tertiary/aromatic N) is 1. The summed E-state index contributed by atoms with van der Waals surface area (Å²) in [6.45, 7) is 9.82. The van der Waals surface area contributed by atoms with E-state index in [1.807, 2.05) is 6.92 Å². The van der Waals surface area contributed by atoms with Crippen molar-refractivity contribution in [2.45, 2.75) is 26.8 Å².